The van der Waals surface area contributed by atoms with Crippen LogP contribution in [0.3, 0.4) is 0 Å². The van der Waals surface area contributed by atoms with Crippen LogP contribution in [-0.2, 0) is 4.74 Å². The first-order chi connectivity index (χ1) is 13.3. The number of morpholine rings is 1. The summed E-state index contributed by atoms with van der Waals surface area (Å²) in [6.07, 6.45) is 4.85. The third-order valence-electron chi connectivity index (χ3n) is 5.06. The third kappa shape index (κ3) is 4.36. The maximum absolute atomic E-state index is 12.8. The molecule has 0 aliphatic carbocycles. The molecule has 2 fully saturated rings. The fraction of sp³-hybridized carbons (Fsp3) is 0.450. The van der Waals surface area contributed by atoms with E-state index >= 15 is 0 Å². The molecule has 0 bridgehead atoms. The lowest BCUT2D eigenvalue weighted by atomic mass is 10.1. The van der Waals surface area contributed by atoms with Gasteiger partial charge in [-0.2, -0.15) is 0 Å². The molecule has 0 atom stereocenters. The van der Waals surface area contributed by atoms with E-state index in [1.54, 1.807) is 12.3 Å². The molecule has 2 aliphatic rings. The van der Waals surface area contributed by atoms with Crippen molar-refractivity contribution in [2.24, 2.45) is 0 Å². The van der Waals surface area contributed by atoms with Crippen molar-refractivity contribution in [2.75, 3.05) is 44.3 Å². The summed E-state index contributed by atoms with van der Waals surface area (Å²) < 4.78 is 11.3. The van der Waals surface area contributed by atoms with Crippen molar-refractivity contribution in [1.82, 2.24) is 14.9 Å². The fourth-order valence-electron chi connectivity index (χ4n) is 3.51. The molecule has 4 rings (SSSR count). The standard InChI is InChI=1S/C20H24N4O3/c25-20(16-1-3-17(4-2-16)23-11-13-26-14-12-23)24-9-6-18(7-10-24)27-19-5-8-21-15-22-19/h1-5,8,15,18H,6-7,9-14H2. The Hall–Kier alpha value is -2.67. The molecule has 0 spiro atoms. The predicted octanol–water partition coefficient (Wildman–Crippen LogP) is 2.00. The molecule has 2 saturated heterocycles. The molecule has 27 heavy (non-hydrogen) atoms. The van der Waals surface area contributed by atoms with Gasteiger partial charge in [-0.05, 0) is 24.3 Å². The molecule has 2 aliphatic heterocycles. The monoisotopic (exact) mass is 368 g/mol. The van der Waals surface area contributed by atoms with Crippen LogP contribution < -0.4 is 9.64 Å². The predicted molar refractivity (Wildman–Crippen MR) is 101 cm³/mol. The van der Waals surface area contributed by atoms with Crippen LogP contribution in [0.2, 0.25) is 0 Å². The van der Waals surface area contributed by atoms with Gasteiger partial charge in [-0.3, -0.25) is 4.79 Å². The zero-order chi connectivity index (χ0) is 18.5. The average Bonchev–Trinajstić information content (AvgIpc) is 2.75. The number of nitrogens with zero attached hydrogens (tertiary/aromatic N) is 4. The summed E-state index contributed by atoms with van der Waals surface area (Å²) in [6.45, 7) is 4.69. The Bertz CT molecular complexity index is 740. The summed E-state index contributed by atoms with van der Waals surface area (Å²) in [6, 6.07) is 9.67. The van der Waals surface area contributed by atoms with E-state index in [9.17, 15) is 4.79 Å². The molecule has 1 amide bonds. The number of amides is 1. The summed E-state index contributed by atoms with van der Waals surface area (Å²) in [5, 5.41) is 0. The van der Waals surface area contributed by atoms with E-state index in [-0.39, 0.29) is 12.0 Å². The van der Waals surface area contributed by atoms with Crippen molar-refractivity contribution in [2.45, 2.75) is 18.9 Å². The summed E-state index contributed by atoms with van der Waals surface area (Å²) in [5.74, 6) is 0.678. The molecule has 0 N–H and O–H groups in total. The summed E-state index contributed by atoms with van der Waals surface area (Å²) in [4.78, 5) is 25.0. The zero-order valence-corrected chi connectivity index (χ0v) is 15.3. The summed E-state index contributed by atoms with van der Waals surface area (Å²) >= 11 is 0. The average molecular weight is 368 g/mol. The van der Waals surface area contributed by atoms with E-state index in [4.69, 9.17) is 9.47 Å². The van der Waals surface area contributed by atoms with Gasteiger partial charge in [-0.25, -0.2) is 9.97 Å². The number of anilines is 1. The van der Waals surface area contributed by atoms with Crippen LogP contribution in [0.15, 0.2) is 42.9 Å². The SMILES string of the molecule is O=C(c1ccc(N2CCOCC2)cc1)N1CCC(Oc2ccncn2)CC1. The number of hydrogen-bond acceptors (Lipinski definition) is 6. The van der Waals surface area contributed by atoms with Crippen molar-refractivity contribution < 1.29 is 14.3 Å². The van der Waals surface area contributed by atoms with Gasteiger partial charge in [0, 0.05) is 62.5 Å². The van der Waals surface area contributed by atoms with E-state index in [1.165, 1.54) is 6.33 Å². The molecule has 1 aromatic heterocycles. The van der Waals surface area contributed by atoms with Gasteiger partial charge >= 0.3 is 0 Å². The topological polar surface area (TPSA) is 67.8 Å². The highest BCUT2D eigenvalue weighted by Gasteiger charge is 2.25. The lowest BCUT2D eigenvalue weighted by Gasteiger charge is -2.32. The number of aromatic nitrogens is 2. The Balaban J connectivity index is 1.31. The Kier molecular flexibility index (Phi) is 5.48. The Morgan fingerprint density at radius 2 is 1.78 bits per heavy atom. The highest BCUT2D eigenvalue weighted by Crippen LogP contribution is 2.21. The molecule has 7 nitrogen and oxygen atoms in total. The molecule has 1 aromatic carbocycles. The van der Waals surface area contributed by atoms with E-state index in [1.807, 2.05) is 29.2 Å². The van der Waals surface area contributed by atoms with Crippen molar-refractivity contribution in [3.63, 3.8) is 0 Å². The van der Waals surface area contributed by atoms with Gasteiger partial charge in [0.25, 0.3) is 5.91 Å². The fourth-order valence-corrected chi connectivity index (χ4v) is 3.51. The Morgan fingerprint density at radius 3 is 2.44 bits per heavy atom. The second kappa shape index (κ2) is 8.35. The molecule has 0 saturated carbocycles. The van der Waals surface area contributed by atoms with Crippen LogP contribution in [0.5, 0.6) is 5.88 Å². The van der Waals surface area contributed by atoms with Gasteiger partial charge in [0.2, 0.25) is 5.88 Å². The van der Waals surface area contributed by atoms with E-state index in [0.29, 0.717) is 19.0 Å². The smallest absolute Gasteiger partial charge is 0.253 e. The van der Waals surface area contributed by atoms with Crippen LogP contribution >= 0.6 is 0 Å². The van der Waals surface area contributed by atoms with Crippen molar-refractivity contribution in [3.05, 3.63) is 48.4 Å². The Labute approximate surface area is 158 Å². The maximum Gasteiger partial charge on any atom is 0.253 e. The van der Waals surface area contributed by atoms with Crippen LogP contribution in [0.4, 0.5) is 5.69 Å². The number of carbonyl (C=O) groups is 1. The number of carbonyl (C=O) groups excluding carboxylic acids is 1. The van der Waals surface area contributed by atoms with Gasteiger partial charge in [-0.15, -0.1) is 0 Å². The molecule has 2 aromatic rings. The van der Waals surface area contributed by atoms with Crippen LogP contribution in [-0.4, -0.2) is 66.3 Å². The van der Waals surface area contributed by atoms with Crippen LogP contribution in [0, 0.1) is 0 Å². The van der Waals surface area contributed by atoms with E-state index < -0.39 is 0 Å². The second-order valence-electron chi connectivity index (χ2n) is 6.80. The molecular weight excluding hydrogens is 344 g/mol. The quantitative estimate of drug-likeness (QED) is 0.822. The lowest BCUT2D eigenvalue weighted by molar-refractivity contribution is 0.0587. The first-order valence-corrected chi connectivity index (χ1v) is 9.44. The lowest BCUT2D eigenvalue weighted by Crippen LogP contribution is -2.41. The number of ether oxygens (including phenoxy) is 2. The van der Waals surface area contributed by atoms with Gasteiger partial charge in [0.15, 0.2) is 0 Å². The largest absolute Gasteiger partial charge is 0.474 e. The zero-order valence-electron chi connectivity index (χ0n) is 15.3. The van der Waals surface area contributed by atoms with Crippen LogP contribution in [0.1, 0.15) is 23.2 Å². The number of rotatable bonds is 4. The molecular formula is C20H24N4O3. The summed E-state index contributed by atoms with van der Waals surface area (Å²) in [7, 11) is 0. The summed E-state index contributed by atoms with van der Waals surface area (Å²) in [5.41, 5.74) is 1.88. The molecule has 0 unspecified atom stereocenters. The van der Waals surface area contributed by atoms with E-state index in [2.05, 4.69) is 14.9 Å². The normalized spacial score (nSPS) is 18.4. The van der Waals surface area contributed by atoms with E-state index in [0.717, 1.165) is 50.4 Å². The molecule has 7 heteroatoms. The number of likely N-dealkylation sites (tertiary alicyclic amines) is 1. The first-order valence-electron chi connectivity index (χ1n) is 9.44. The molecule has 142 valence electrons. The van der Waals surface area contributed by atoms with Crippen molar-refractivity contribution >= 4 is 11.6 Å². The number of piperidine rings is 1. The van der Waals surface area contributed by atoms with Crippen molar-refractivity contribution in [1.29, 1.82) is 0 Å². The van der Waals surface area contributed by atoms with Crippen molar-refractivity contribution in [3.8, 4) is 5.88 Å². The minimum atomic E-state index is 0.0870. The highest BCUT2D eigenvalue weighted by atomic mass is 16.5. The molecule has 0 radical (unpaired) electrons. The third-order valence-corrected chi connectivity index (χ3v) is 5.06. The van der Waals surface area contributed by atoms with Gasteiger partial charge < -0.3 is 19.3 Å². The number of hydrogen-bond donors (Lipinski definition) is 0. The maximum atomic E-state index is 12.8. The number of benzene rings is 1. The highest BCUT2D eigenvalue weighted by molar-refractivity contribution is 5.94. The Morgan fingerprint density at radius 1 is 1.04 bits per heavy atom. The van der Waals surface area contributed by atoms with Gasteiger partial charge in [0.05, 0.1) is 13.2 Å². The van der Waals surface area contributed by atoms with Crippen LogP contribution in [0.25, 0.3) is 0 Å². The second-order valence-corrected chi connectivity index (χ2v) is 6.80. The minimum Gasteiger partial charge on any atom is -0.474 e. The van der Waals surface area contributed by atoms with Gasteiger partial charge in [-0.1, -0.05) is 0 Å². The minimum absolute atomic E-state index is 0.0870. The van der Waals surface area contributed by atoms with Gasteiger partial charge in [0.1, 0.15) is 12.4 Å². The molecule has 3 heterocycles. The first kappa shape index (κ1) is 17.7.